The maximum Gasteiger partial charge on any atom is 0.166 e. The molecule has 1 aliphatic rings. The summed E-state index contributed by atoms with van der Waals surface area (Å²) in [6.45, 7) is 3.05. The summed E-state index contributed by atoms with van der Waals surface area (Å²) in [7, 11) is 1.62. The highest BCUT2D eigenvalue weighted by atomic mass is 16.6. The van der Waals surface area contributed by atoms with Crippen LogP contribution < -0.4 is 19.9 Å². The molecule has 0 spiro atoms. The second kappa shape index (κ2) is 3.98. The Morgan fingerprint density at radius 2 is 2.07 bits per heavy atom. The Labute approximate surface area is 88.9 Å². The maximum absolute atomic E-state index is 5.87. The molecule has 0 saturated heterocycles. The second-order valence-electron chi connectivity index (χ2n) is 3.53. The Balaban J connectivity index is 2.50. The van der Waals surface area contributed by atoms with Gasteiger partial charge in [0.25, 0.3) is 0 Å². The van der Waals surface area contributed by atoms with Gasteiger partial charge in [0.15, 0.2) is 11.5 Å². The van der Waals surface area contributed by atoms with E-state index in [1.807, 2.05) is 19.1 Å². The number of methoxy groups -OCH3 is 1. The Morgan fingerprint density at radius 1 is 1.33 bits per heavy atom. The van der Waals surface area contributed by atoms with Crippen molar-refractivity contribution in [2.75, 3.05) is 20.3 Å². The first-order valence-electron chi connectivity index (χ1n) is 4.95. The van der Waals surface area contributed by atoms with Crippen molar-refractivity contribution in [2.24, 2.45) is 5.73 Å². The SMILES string of the molecule is COc1cc2c(c(C(C)N)c1)OCCO2. The average Bonchev–Trinajstić information content (AvgIpc) is 2.27. The van der Waals surface area contributed by atoms with E-state index in [4.69, 9.17) is 19.9 Å². The molecule has 1 aliphatic heterocycles. The molecule has 4 heteroatoms. The fourth-order valence-electron chi connectivity index (χ4n) is 1.61. The third-order valence-electron chi connectivity index (χ3n) is 2.37. The van der Waals surface area contributed by atoms with E-state index in [2.05, 4.69) is 0 Å². The highest BCUT2D eigenvalue weighted by Crippen LogP contribution is 2.39. The van der Waals surface area contributed by atoms with Crippen LogP contribution in [0.15, 0.2) is 12.1 Å². The van der Waals surface area contributed by atoms with Crippen molar-refractivity contribution in [2.45, 2.75) is 13.0 Å². The summed E-state index contributed by atoms with van der Waals surface area (Å²) in [5.41, 5.74) is 6.79. The van der Waals surface area contributed by atoms with Crippen LogP contribution in [0.5, 0.6) is 17.2 Å². The monoisotopic (exact) mass is 209 g/mol. The van der Waals surface area contributed by atoms with Crippen LogP contribution in [0.4, 0.5) is 0 Å². The highest BCUT2D eigenvalue weighted by Gasteiger charge is 2.19. The first-order chi connectivity index (χ1) is 7.22. The van der Waals surface area contributed by atoms with Crippen LogP contribution in [0.25, 0.3) is 0 Å². The van der Waals surface area contributed by atoms with Crippen molar-refractivity contribution in [3.8, 4) is 17.2 Å². The van der Waals surface area contributed by atoms with Gasteiger partial charge in [-0.3, -0.25) is 0 Å². The standard InChI is InChI=1S/C11H15NO3/c1-7(12)9-5-8(13-2)6-10-11(9)15-4-3-14-10/h5-7H,3-4,12H2,1-2H3. The fourth-order valence-corrected chi connectivity index (χ4v) is 1.61. The third-order valence-corrected chi connectivity index (χ3v) is 2.37. The molecule has 1 unspecified atom stereocenters. The predicted molar refractivity (Wildman–Crippen MR) is 56.6 cm³/mol. The van der Waals surface area contributed by atoms with Gasteiger partial charge in [0, 0.05) is 17.7 Å². The largest absolute Gasteiger partial charge is 0.497 e. The van der Waals surface area contributed by atoms with Crippen LogP contribution in [0.2, 0.25) is 0 Å². The van der Waals surface area contributed by atoms with E-state index in [-0.39, 0.29) is 6.04 Å². The Bertz CT molecular complexity index is 363. The first-order valence-corrected chi connectivity index (χ1v) is 4.95. The van der Waals surface area contributed by atoms with E-state index in [0.29, 0.717) is 19.0 Å². The lowest BCUT2D eigenvalue weighted by Gasteiger charge is -2.23. The van der Waals surface area contributed by atoms with Gasteiger partial charge in [0.05, 0.1) is 7.11 Å². The van der Waals surface area contributed by atoms with Crippen LogP contribution >= 0.6 is 0 Å². The van der Waals surface area contributed by atoms with Crippen LogP contribution in [0.1, 0.15) is 18.5 Å². The smallest absolute Gasteiger partial charge is 0.166 e. The number of hydrogen-bond donors (Lipinski definition) is 1. The molecule has 2 rings (SSSR count). The summed E-state index contributed by atoms with van der Waals surface area (Å²) in [4.78, 5) is 0. The molecule has 0 fully saturated rings. The molecule has 1 heterocycles. The number of ether oxygens (including phenoxy) is 3. The normalized spacial score (nSPS) is 15.9. The lowest BCUT2D eigenvalue weighted by atomic mass is 10.1. The molecule has 0 aliphatic carbocycles. The van der Waals surface area contributed by atoms with Crippen LogP contribution in [-0.2, 0) is 0 Å². The van der Waals surface area contributed by atoms with Gasteiger partial charge in [-0.05, 0) is 13.0 Å². The summed E-state index contributed by atoms with van der Waals surface area (Å²) in [5.74, 6) is 2.21. The van der Waals surface area contributed by atoms with Crippen LogP contribution in [0.3, 0.4) is 0 Å². The lowest BCUT2D eigenvalue weighted by molar-refractivity contribution is 0.168. The number of nitrogens with two attached hydrogens (primary N) is 1. The molecule has 0 aromatic heterocycles. The maximum atomic E-state index is 5.87. The number of fused-ring (bicyclic) bond motifs is 1. The first kappa shape index (κ1) is 10.1. The number of benzene rings is 1. The molecule has 4 nitrogen and oxygen atoms in total. The molecule has 0 saturated carbocycles. The van der Waals surface area contributed by atoms with Crippen LogP contribution in [0, 0.1) is 0 Å². The molecule has 0 amide bonds. The van der Waals surface area contributed by atoms with Gasteiger partial charge in [0.1, 0.15) is 19.0 Å². The zero-order chi connectivity index (χ0) is 10.8. The zero-order valence-electron chi connectivity index (χ0n) is 8.95. The van der Waals surface area contributed by atoms with Gasteiger partial charge in [-0.25, -0.2) is 0 Å². The topological polar surface area (TPSA) is 53.7 Å². The molecule has 1 aromatic carbocycles. The molecule has 82 valence electrons. The molecule has 1 atom stereocenters. The van der Waals surface area contributed by atoms with Crippen molar-refractivity contribution in [3.63, 3.8) is 0 Å². The molecule has 0 bridgehead atoms. The van der Waals surface area contributed by atoms with Gasteiger partial charge < -0.3 is 19.9 Å². The summed E-state index contributed by atoms with van der Waals surface area (Å²) in [6.07, 6.45) is 0. The molecular formula is C11H15NO3. The van der Waals surface area contributed by atoms with Gasteiger partial charge >= 0.3 is 0 Å². The van der Waals surface area contributed by atoms with Gasteiger partial charge in [-0.2, -0.15) is 0 Å². The summed E-state index contributed by atoms with van der Waals surface area (Å²) in [5, 5.41) is 0. The fraction of sp³-hybridized carbons (Fsp3) is 0.455. The van der Waals surface area contributed by atoms with Crippen molar-refractivity contribution < 1.29 is 14.2 Å². The average molecular weight is 209 g/mol. The van der Waals surface area contributed by atoms with Crippen molar-refractivity contribution in [1.29, 1.82) is 0 Å². The molecule has 1 aromatic rings. The molecular weight excluding hydrogens is 194 g/mol. The van der Waals surface area contributed by atoms with Gasteiger partial charge in [-0.15, -0.1) is 0 Å². The number of hydrogen-bond acceptors (Lipinski definition) is 4. The minimum Gasteiger partial charge on any atom is -0.497 e. The Morgan fingerprint density at radius 3 is 2.73 bits per heavy atom. The van der Waals surface area contributed by atoms with E-state index in [9.17, 15) is 0 Å². The van der Waals surface area contributed by atoms with E-state index in [1.54, 1.807) is 7.11 Å². The third kappa shape index (κ3) is 1.85. The second-order valence-corrected chi connectivity index (χ2v) is 3.53. The predicted octanol–water partition coefficient (Wildman–Crippen LogP) is 1.49. The summed E-state index contributed by atoms with van der Waals surface area (Å²) < 4.78 is 16.2. The lowest BCUT2D eigenvalue weighted by Crippen LogP contribution is -2.18. The Kier molecular flexibility index (Phi) is 2.68. The van der Waals surface area contributed by atoms with E-state index < -0.39 is 0 Å². The quantitative estimate of drug-likeness (QED) is 0.801. The van der Waals surface area contributed by atoms with E-state index in [0.717, 1.165) is 17.1 Å². The highest BCUT2D eigenvalue weighted by molar-refractivity contribution is 5.53. The molecule has 2 N–H and O–H groups in total. The van der Waals surface area contributed by atoms with Crippen molar-refractivity contribution >= 4 is 0 Å². The van der Waals surface area contributed by atoms with Crippen LogP contribution in [-0.4, -0.2) is 20.3 Å². The minimum absolute atomic E-state index is 0.101. The molecule has 15 heavy (non-hydrogen) atoms. The molecule has 0 radical (unpaired) electrons. The van der Waals surface area contributed by atoms with Gasteiger partial charge in [0.2, 0.25) is 0 Å². The van der Waals surface area contributed by atoms with Gasteiger partial charge in [-0.1, -0.05) is 0 Å². The summed E-state index contributed by atoms with van der Waals surface area (Å²) in [6, 6.07) is 3.61. The van der Waals surface area contributed by atoms with E-state index >= 15 is 0 Å². The van der Waals surface area contributed by atoms with Crippen molar-refractivity contribution in [3.05, 3.63) is 17.7 Å². The Hall–Kier alpha value is -1.42. The number of rotatable bonds is 2. The van der Waals surface area contributed by atoms with E-state index in [1.165, 1.54) is 0 Å². The van der Waals surface area contributed by atoms with Crippen molar-refractivity contribution in [1.82, 2.24) is 0 Å². The summed E-state index contributed by atoms with van der Waals surface area (Å²) >= 11 is 0. The zero-order valence-corrected chi connectivity index (χ0v) is 8.95. The minimum atomic E-state index is -0.101.